The van der Waals surface area contributed by atoms with Crippen LogP contribution in [0.4, 0.5) is 0 Å². The molecule has 1 saturated heterocycles. The quantitative estimate of drug-likeness (QED) is 0.380. The van der Waals surface area contributed by atoms with Crippen molar-refractivity contribution in [2.75, 3.05) is 20.1 Å². The van der Waals surface area contributed by atoms with Gasteiger partial charge in [0.2, 0.25) is 0 Å². The Morgan fingerprint density at radius 2 is 1.94 bits per heavy atom. The van der Waals surface area contributed by atoms with Gasteiger partial charge in [-0.3, -0.25) is 5.41 Å². The molecule has 0 aromatic rings. The molecule has 18 heavy (non-hydrogen) atoms. The maximum Gasteiger partial charge on any atom is 0.278 e. The van der Waals surface area contributed by atoms with E-state index >= 15 is 0 Å². The third kappa shape index (κ3) is 3.19. The summed E-state index contributed by atoms with van der Waals surface area (Å²) in [5, 5.41) is 7.69. The van der Waals surface area contributed by atoms with Crippen LogP contribution in [0.5, 0.6) is 0 Å². The molecule has 0 radical (unpaired) electrons. The molecule has 0 aromatic heterocycles. The second kappa shape index (κ2) is 4.76. The first-order chi connectivity index (χ1) is 8.33. The predicted molar refractivity (Wildman–Crippen MR) is 69.6 cm³/mol. The molecular weight excluding hydrogens is 254 g/mol. The van der Waals surface area contributed by atoms with Gasteiger partial charge in [0.1, 0.15) is 5.84 Å². The van der Waals surface area contributed by atoms with E-state index in [1.54, 1.807) is 0 Å². The van der Waals surface area contributed by atoms with Crippen LogP contribution in [0.25, 0.3) is 0 Å². The Hall–Kier alpha value is -0.700. The molecule has 1 aliphatic carbocycles. The molecule has 0 atom stereocenters. The summed E-state index contributed by atoms with van der Waals surface area (Å²) in [4.78, 5) is 2.10. The van der Waals surface area contributed by atoms with Crippen LogP contribution in [0.3, 0.4) is 0 Å². The fraction of sp³-hybridized carbons (Fsp3) is 0.900. The molecule has 0 amide bonds. The van der Waals surface area contributed by atoms with Crippen molar-refractivity contribution >= 4 is 16.0 Å². The van der Waals surface area contributed by atoms with E-state index in [2.05, 4.69) is 14.3 Å². The van der Waals surface area contributed by atoms with Gasteiger partial charge in [-0.2, -0.15) is 17.9 Å². The lowest BCUT2D eigenvalue weighted by atomic mass is 9.88. The number of likely N-dealkylation sites (tertiary alicyclic amines) is 1. The molecule has 2 fully saturated rings. The fourth-order valence-electron chi connectivity index (χ4n) is 2.13. The molecule has 104 valence electrons. The van der Waals surface area contributed by atoms with Crippen LogP contribution in [0.15, 0.2) is 0 Å². The van der Waals surface area contributed by atoms with Crippen molar-refractivity contribution < 1.29 is 8.42 Å². The van der Waals surface area contributed by atoms with Gasteiger partial charge in [0, 0.05) is 19.1 Å². The molecule has 0 aromatic carbocycles. The van der Waals surface area contributed by atoms with Crippen molar-refractivity contribution in [2.45, 2.75) is 37.3 Å². The smallest absolute Gasteiger partial charge is 0.278 e. The zero-order chi connectivity index (χ0) is 13.4. The topological polar surface area (TPSA) is 111 Å². The highest BCUT2D eigenvalue weighted by Gasteiger charge is 2.41. The van der Waals surface area contributed by atoms with Crippen molar-refractivity contribution in [3.63, 3.8) is 0 Å². The van der Waals surface area contributed by atoms with Gasteiger partial charge in [-0.05, 0) is 32.7 Å². The first-order valence-electron chi connectivity index (χ1n) is 6.17. The molecule has 5 N–H and O–H groups in total. The van der Waals surface area contributed by atoms with E-state index in [1.165, 1.54) is 0 Å². The van der Waals surface area contributed by atoms with Crippen LogP contribution in [-0.4, -0.2) is 50.9 Å². The molecular formula is C10H21N5O2S. The van der Waals surface area contributed by atoms with E-state index in [9.17, 15) is 8.42 Å². The Morgan fingerprint density at radius 3 is 2.39 bits per heavy atom. The SMILES string of the molecule is CN1CCC(NS(=O)(=O)NC2CC2)(C(=N)N)CC1. The number of rotatable bonds is 5. The van der Waals surface area contributed by atoms with Gasteiger partial charge in [0.15, 0.2) is 0 Å². The minimum Gasteiger partial charge on any atom is -0.386 e. The second-order valence-electron chi connectivity index (χ2n) is 5.30. The minimum atomic E-state index is -3.58. The Morgan fingerprint density at radius 1 is 1.39 bits per heavy atom. The van der Waals surface area contributed by atoms with Crippen LogP contribution >= 0.6 is 0 Å². The highest BCUT2D eigenvalue weighted by molar-refractivity contribution is 7.87. The summed E-state index contributed by atoms with van der Waals surface area (Å²) < 4.78 is 29.1. The molecule has 1 heterocycles. The van der Waals surface area contributed by atoms with Gasteiger partial charge >= 0.3 is 0 Å². The summed E-state index contributed by atoms with van der Waals surface area (Å²) in [5.41, 5.74) is 4.69. The Bertz CT molecular complexity index is 424. The number of nitrogens with one attached hydrogen (secondary N) is 3. The molecule has 0 spiro atoms. The largest absolute Gasteiger partial charge is 0.386 e. The highest BCUT2D eigenvalue weighted by Crippen LogP contribution is 2.24. The number of hydrogen-bond donors (Lipinski definition) is 4. The average Bonchev–Trinajstić information content (AvgIpc) is 3.04. The molecule has 0 unspecified atom stereocenters. The first kappa shape index (κ1) is 13.7. The van der Waals surface area contributed by atoms with Crippen molar-refractivity contribution in [2.24, 2.45) is 5.73 Å². The van der Waals surface area contributed by atoms with E-state index in [-0.39, 0.29) is 11.9 Å². The third-order valence-corrected chi connectivity index (χ3v) is 4.89. The molecule has 8 heteroatoms. The fourth-order valence-corrected chi connectivity index (χ4v) is 3.70. The summed E-state index contributed by atoms with van der Waals surface area (Å²) in [6, 6.07) is 0.0535. The van der Waals surface area contributed by atoms with Crippen LogP contribution in [0, 0.1) is 5.41 Å². The lowest BCUT2D eigenvalue weighted by Gasteiger charge is -2.39. The molecule has 7 nitrogen and oxygen atoms in total. The zero-order valence-electron chi connectivity index (χ0n) is 10.6. The lowest BCUT2D eigenvalue weighted by molar-refractivity contribution is 0.218. The number of amidine groups is 1. The Kier molecular flexibility index (Phi) is 3.63. The van der Waals surface area contributed by atoms with Crippen molar-refractivity contribution in [3.8, 4) is 0 Å². The third-order valence-electron chi connectivity index (χ3n) is 3.59. The second-order valence-corrected chi connectivity index (χ2v) is 6.74. The first-order valence-corrected chi connectivity index (χ1v) is 7.66. The van der Waals surface area contributed by atoms with Crippen LogP contribution in [-0.2, 0) is 10.2 Å². The normalized spacial score (nSPS) is 24.9. The van der Waals surface area contributed by atoms with Crippen molar-refractivity contribution in [1.82, 2.24) is 14.3 Å². The van der Waals surface area contributed by atoms with E-state index in [1.807, 2.05) is 7.05 Å². The summed E-state index contributed by atoms with van der Waals surface area (Å²) in [7, 11) is -1.61. The van der Waals surface area contributed by atoms with Crippen molar-refractivity contribution in [1.29, 1.82) is 5.41 Å². The molecule has 1 aliphatic heterocycles. The Labute approximate surface area is 108 Å². The molecule has 2 rings (SSSR count). The molecule has 1 saturated carbocycles. The lowest BCUT2D eigenvalue weighted by Crippen LogP contribution is -2.63. The maximum absolute atomic E-state index is 12.0. The number of hydrogen-bond acceptors (Lipinski definition) is 4. The molecule has 2 aliphatic rings. The highest BCUT2D eigenvalue weighted by atomic mass is 32.2. The van der Waals surface area contributed by atoms with Crippen LogP contribution in [0.2, 0.25) is 0 Å². The number of nitrogens with zero attached hydrogens (tertiary/aromatic N) is 1. The predicted octanol–water partition coefficient (Wildman–Crippen LogP) is -1.03. The summed E-state index contributed by atoms with van der Waals surface area (Å²) in [5.74, 6) is -0.100. The average molecular weight is 275 g/mol. The maximum atomic E-state index is 12.0. The van der Waals surface area contributed by atoms with Crippen LogP contribution < -0.4 is 15.2 Å². The minimum absolute atomic E-state index is 0.0535. The van der Waals surface area contributed by atoms with E-state index < -0.39 is 15.7 Å². The monoisotopic (exact) mass is 275 g/mol. The van der Waals surface area contributed by atoms with E-state index in [4.69, 9.17) is 11.1 Å². The number of nitrogens with two attached hydrogens (primary N) is 1. The van der Waals surface area contributed by atoms with Gasteiger partial charge in [-0.25, -0.2) is 0 Å². The van der Waals surface area contributed by atoms with Crippen LogP contribution in [0.1, 0.15) is 25.7 Å². The van der Waals surface area contributed by atoms with Gasteiger partial charge in [-0.15, -0.1) is 0 Å². The summed E-state index contributed by atoms with van der Waals surface area (Å²) in [6.45, 7) is 1.46. The summed E-state index contributed by atoms with van der Waals surface area (Å²) >= 11 is 0. The van der Waals surface area contributed by atoms with Crippen molar-refractivity contribution in [3.05, 3.63) is 0 Å². The van der Waals surface area contributed by atoms with Gasteiger partial charge < -0.3 is 10.6 Å². The zero-order valence-corrected chi connectivity index (χ0v) is 11.4. The van der Waals surface area contributed by atoms with Gasteiger partial charge in [0.25, 0.3) is 10.2 Å². The van der Waals surface area contributed by atoms with Gasteiger partial charge in [0.05, 0.1) is 5.54 Å². The van der Waals surface area contributed by atoms with E-state index in [0.29, 0.717) is 12.8 Å². The summed E-state index contributed by atoms with van der Waals surface area (Å²) in [6.07, 6.45) is 2.84. The van der Waals surface area contributed by atoms with Gasteiger partial charge in [-0.1, -0.05) is 0 Å². The van der Waals surface area contributed by atoms with E-state index in [0.717, 1.165) is 25.9 Å². The standard InChI is InChI=1S/C10H21N5O2S/c1-15-6-4-10(5-7-15,9(11)12)14-18(16,17)13-8-2-3-8/h8,13-14H,2-7H2,1H3,(H3,11,12). The number of piperidine rings is 1. The Balaban J connectivity index is 2.08. The molecule has 0 bridgehead atoms.